The quantitative estimate of drug-likeness (QED) is 0.566. The normalized spacial score (nSPS) is 11.6. The summed E-state index contributed by atoms with van der Waals surface area (Å²) in [5.41, 5.74) is 3.82. The Hall–Kier alpha value is -4.18. The lowest BCUT2D eigenvalue weighted by Crippen LogP contribution is -2.34. The Morgan fingerprint density at radius 3 is 2.52 bits per heavy atom. The Bertz CT molecular complexity index is 1410. The van der Waals surface area contributed by atoms with E-state index in [-0.39, 0.29) is 11.5 Å². The third kappa shape index (κ3) is 3.17. The Labute approximate surface area is 165 Å². The number of nitrogens with zero attached hydrogens (tertiary/aromatic N) is 3. The molecule has 0 bridgehead atoms. The van der Waals surface area contributed by atoms with Crippen LogP contribution in [0.3, 0.4) is 0 Å². The molecule has 29 heavy (non-hydrogen) atoms. The number of nitrogens with one attached hydrogen (secondary N) is 2. The second-order valence-corrected chi connectivity index (χ2v) is 6.64. The molecule has 7 nitrogen and oxygen atoms in total. The van der Waals surface area contributed by atoms with Crippen LogP contribution in [0.1, 0.15) is 18.1 Å². The fourth-order valence-corrected chi connectivity index (χ4v) is 3.29. The molecule has 0 radical (unpaired) electrons. The predicted octanol–water partition coefficient (Wildman–Crippen LogP) is 2.56. The van der Waals surface area contributed by atoms with Gasteiger partial charge in [-0.05, 0) is 48.9 Å². The van der Waals surface area contributed by atoms with E-state index in [1.54, 1.807) is 37.4 Å². The molecule has 7 heteroatoms. The molecule has 2 aromatic heterocycles. The fourth-order valence-electron chi connectivity index (χ4n) is 3.29. The molecule has 4 aromatic rings. The molecule has 0 aliphatic carbocycles. The number of pyridine rings is 1. The lowest BCUT2D eigenvalue weighted by Gasteiger charge is -2.06. The Kier molecular flexibility index (Phi) is 4.45. The van der Waals surface area contributed by atoms with Gasteiger partial charge in [-0.2, -0.15) is 5.26 Å². The van der Waals surface area contributed by atoms with Crippen molar-refractivity contribution in [2.24, 2.45) is 0 Å². The zero-order chi connectivity index (χ0) is 20.5. The molecule has 0 atom stereocenters. The van der Waals surface area contributed by atoms with Crippen molar-refractivity contribution in [3.63, 3.8) is 0 Å². The number of benzene rings is 2. The molecule has 0 unspecified atom stereocenters. The van der Waals surface area contributed by atoms with E-state index in [4.69, 9.17) is 0 Å². The van der Waals surface area contributed by atoms with Gasteiger partial charge in [-0.15, -0.1) is 0 Å². The van der Waals surface area contributed by atoms with Crippen LogP contribution in [0.5, 0.6) is 0 Å². The van der Waals surface area contributed by atoms with Gasteiger partial charge < -0.3 is 10.6 Å². The summed E-state index contributed by atoms with van der Waals surface area (Å²) in [5.74, 6) is -0.145. The Morgan fingerprint density at radius 2 is 1.83 bits per heavy atom. The van der Waals surface area contributed by atoms with Crippen molar-refractivity contribution in [1.82, 2.24) is 9.38 Å². The second-order valence-electron chi connectivity index (χ2n) is 6.64. The largest absolute Gasteiger partial charge is 0.361 e. The first-order valence-electron chi connectivity index (χ1n) is 8.98. The molecular weight excluding hydrogens is 366 g/mol. The maximum Gasteiger partial charge on any atom is 0.265 e. The molecule has 2 aromatic carbocycles. The number of aromatic nitrogens is 2. The average molecular weight is 383 g/mol. The number of carbonyl (C=O) groups is 1. The highest BCUT2D eigenvalue weighted by Crippen LogP contribution is 2.18. The number of para-hydroxylation sites is 2. The number of rotatable bonds is 3. The lowest BCUT2D eigenvalue weighted by atomic mass is 10.1. The van der Waals surface area contributed by atoms with E-state index in [9.17, 15) is 14.9 Å². The minimum absolute atomic E-state index is 0.145. The fraction of sp³-hybridized carbons (Fsp3) is 0.0909. The smallest absolute Gasteiger partial charge is 0.265 e. The number of anilines is 2. The molecule has 0 aliphatic heterocycles. The third-order valence-corrected chi connectivity index (χ3v) is 4.70. The van der Waals surface area contributed by atoms with Gasteiger partial charge in [0.15, 0.2) is 5.65 Å². The summed E-state index contributed by atoms with van der Waals surface area (Å²) in [6, 6.07) is 16.6. The number of fused-ring (bicyclic) bond motifs is 3. The van der Waals surface area contributed by atoms with Crippen LogP contribution in [0.25, 0.3) is 22.9 Å². The summed E-state index contributed by atoms with van der Waals surface area (Å²) < 4.78 is 1.48. The molecule has 2 N–H and O–H groups in total. The summed E-state index contributed by atoms with van der Waals surface area (Å²) in [5, 5.41) is 15.9. The molecule has 2 heterocycles. The first-order valence-corrected chi connectivity index (χ1v) is 8.98. The van der Waals surface area contributed by atoms with Gasteiger partial charge in [0.1, 0.15) is 6.07 Å². The van der Waals surface area contributed by atoms with Crippen molar-refractivity contribution in [3.05, 3.63) is 75.2 Å². The van der Waals surface area contributed by atoms with Crippen molar-refractivity contribution in [2.75, 3.05) is 10.6 Å². The summed E-state index contributed by atoms with van der Waals surface area (Å²) in [6.07, 6.45) is 1.60. The van der Waals surface area contributed by atoms with E-state index in [0.717, 1.165) is 5.69 Å². The topological polar surface area (TPSA) is 99.3 Å². The Balaban J connectivity index is 1.85. The first-order chi connectivity index (χ1) is 14.0. The summed E-state index contributed by atoms with van der Waals surface area (Å²) in [7, 11) is 0. The third-order valence-electron chi connectivity index (χ3n) is 4.70. The highest BCUT2D eigenvalue weighted by Gasteiger charge is 2.15. The maximum absolute atomic E-state index is 13.2. The van der Waals surface area contributed by atoms with Crippen molar-refractivity contribution in [3.8, 4) is 6.07 Å². The van der Waals surface area contributed by atoms with Crippen LogP contribution in [-0.4, -0.2) is 15.3 Å². The molecule has 0 spiro atoms. The number of hydrogen-bond donors (Lipinski definition) is 2. The molecule has 0 saturated heterocycles. The van der Waals surface area contributed by atoms with Crippen LogP contribution in [0, 0.1) is 18.3 Å². The predicted molar refractivity (Wildman–Crippen MR) is 112 cm³/mol. The maximum atomic E-state index is 13.2. The molecule has 0 saturated carbocycles. The van der Waals surface area contributed by atoms with Gasteiger partial charge in [-0.3, -0.25) is 14.0 Å². The van der Waals surface area contributed by atoms with Gasteiger partial charge >= 0.3 is 0 Å². The molecule has 142 valence electrons. The zero-order valence-corrected chi connectivity index (χ0v) is 15.9. The average Bonchev–Trinajstić information content (AvgIpc) is 3.08. The summed E-state index contributed by atoms with van der Waals surface area (Å²) in [4.78, 5) is 28.8. The van der Waals surface area contributed by atoms with E-state index >= 15 is 0 Å². The molecule has 0 aliphatic rings. The van der Waals surface area contributed by atoms with Crippen LogP contribution < -0.4 is 21.4 Å². The molecule has 0 fully saturated rings. The monoisotopic (exact) mass is 383 g/mol. The van der Waals surface area contributed by atoms with Crippen molar-refractivity contribution >= 4 is 40.2 Å². The summed E-state index contributed by atoms with van der Waals surface area (Å²) >= 11 is 0. The standard InChI is InChI=1S/C22H17N5O2/c1-13-17(11-23)21-26-19-5-3-4-6-20(19)27(21)22(29)18(13)12-24-15-7-9-16(10-8-15)25-14(2)28/h3-10,12,24H,1-2H3,(H,25,28)/b18-12-. The van der Waals surface area contributed by atoms with Gasteiger partial charge in [0, 0.05) is 24.5 Å². The van der Waals surface area contributed by atoms with Gasteiger partial charge in [-0.1, -0.05) is 12.1 Å². The van der Waals surface area contributed by atoms with Crippen molar-refractivity contribution in [1.29, 1.82) is 5.26 Å². The van der Waals surface area contributed by atoms with Crippen molar-refractivity contribution < 1.29 is 4.79 Å². The summed E-state index contributed by atoms with van der Waals surface area (Å²) in [6.45, 7) is 3.19. The van der Waals surface area contributed by atoms with Crippen LogP contribution in [0.15, 0.2) is 53.3 Å². The number of imidazole rings is 1. The van der Waals surface area contributed by atoms with Gasteiger partial charge in [0.05, 0.1) is 21.8 Å². The van der Waals surface area contributed by atoms with E-state index in [0.29, 0.717) is 38.7 Å². The number of hydrogen-bond acceptors (Lipinski definition) is 5. The highest BCUT2D eigenvalue weighted by molar-refractivity contribution is 5.89. The van der Waals surface area contributed by atoms with E-state index in [1.165, 1.54) is 11.3 Å². The van der Waals surface area contributed by atoms with Crippen LogP contribution >= 0.6 is 0 Å². The lowest BCUT2D eigenvalue weighted by molar-refractivity contribution is -0.114. The minimum Gasteiger partial charge on any atom is -0.361 e. The minimum atomic E-state index is -0.243. The Morgan fingerprint density at radius 1 is 1.14 bits per heavy atom. The van der Waals surface area contributed by atoms with E-state index < -0.39 is 0 Å². The molecule has 4 rings (SSSR count). The molecular formula is C22H17N5O2. The van der Waals surface area contributed by atoms with E-state index in [1.807, 2.05) is 24.3 Å². The number of nitriles is 1. The van der Waals surface area contributed by atoms with Crippen LogP contribution in [0.4, 0.5) is 11.4 Å². The van der Waals surface area contributed by atoms with Gasteiger partial charge in [0.25, 0.3) is 5.56 Å². The highest BCUT2D eigenvalue weighted by atomic mass is 16.1. The van der Waals surface area contributed by atoms with Crippen LogP contribution in [0.2, 0.25) is 0 Å². The second kappa shape index (κ2) is 7.09. The molecule has 1 amide bonds. The zero-order valence-electron chi connectivity index (χ0n) is 15.9. The van der Waals surface area contributed by atoms with Gasteiger partial charge in [-0.25, -0.2) is 4.98 Å². The van der Waals surface area contributed by atoms with E-state index in [2.05, 4.69) is 21.7 Å². The SMILES string of the molecule is CC(=O)Nc1ccc(N/C=c2/c(C)c(C#N)c3nc4ccccc4n3c2=O)cc1. The van der Waals surface area contributed by atoms with Crippen LogP contribution in [-0.2, 0) is 4.79 Å². The first kappa shape index (κ1) is 18.2. The number of amides is 1. The van der Waals surface area contributed by atoms with Gasteiger partial charge in [0.2, 0.25) is 5.91 Å². The van der Waals surface area contributed by atoms with Crippen molar-refractivity contribution in [2.45, 2.75) is 13.8 Å². The number of carbonyl (C=O) groups excluding carboxylic acids is 1.